The lowest BCUT2D eigenvalue weighted by atomic mass is 9.86. The minimum absolute atomic E-state index is 0.0666. The number of hydrogen-bond acceptors (Lipinski definition) is 3. The molecule has 0 bridgehead atoms. The van der Waals surface area contributed by atoms with Crippen LogP contribution in [0, 0.1) is 0 Å². The second kappa shape index (κ2) is 8.67. The van der Waals surface area contributed by atoms with Crippen molar-refractivity contribution in [2.45, 2.75) is 52.5 Å². The minimum atomic E-state index is 0.0666. The highest BCUT2D eigenvalue weighted by Crippen LogP contribution is 2.22. The first-order valence-corrected chi connectivity index (χ1v) is 9.62. The second-order valence-corrected chi connectivity index (χ2v) is 8.27. The predicted molar refractivity (Wildman–Crippen MR) is 105 cm³/mol. The fourth-order valence-corrected chi connectivity index (χ4v) is 3.03. The van der Waals surface area contributed by atoms with Gasteiger partial charge in [-0.1, -0.05) is 39.8 Å². The molecule has 1 heterocycles. The zero-order valence-corrected chi connectivity index (χ0v) is 16.8. The fourth-order valence-electron chi connectivity index (χ4n) is 3.03. The van der Waals surface area contributed by atoms with E-state index in [-0.39, 0.29) is 23.3 Å². The van der Waals surface area contributed by atoms with Gasteiger partial charge in [-0.25, -0.2) is 0 Å². The molecule has 5 heteroatoms. The molecule has 0 spiro atoms. The Kier molecular flexibility index (Phi) is 6.81. The molecule has 1 aromatic rings. The van der Waals surface area contributed by atoms with Crippen LogP contribution in [0.1, 0.15) is 57.0 Å². The van der Waals surface area contributed by atoms with Gasteiger partial charge in [0.15, 0.2) is 0 Å². The molecular formula is C21H33N3O2. The molecule has 1 aliphatic heterocycles. The molecule has 2 amide bonds. The minimum Gasteiger partial charge on any atom is -0.353 e. The van der Waals surface area contributed by atoms with Gasteiger partial charge in [0.05, 0.1) is 6.54 Å². The summed E-state index contributed by atoms with van der Waals surface area (Å²) in [5, 5.41) is 2.99. The van der Waals surface area contributed by atoms with E-state index in [2.05, 4.69) is 37.9 Å². The fraction of sp³-hybridized carbons (Fsp3) is 0.619. The molecule has 26 heavy (non-hydrogen) atoms. The Morgan fingerprint density at radius 3 is 2.15 bits per heavy atom. The average molecular weight is 360 g/mol. The Balaban J connectivity index is 1.85. The lowest BCUT2D eigenvalue weighted by Crippen LogP contribution is -2.51. The van der Waals surface area contributed by atoms with Crippen molar-refractivity contribution in [3.63, 3.8) is 0 Å². The number of hydrogen-bond donors (Lipinski definition) is 1. The van der Waals surface area contributed by atoms with E-state index in [1.165, 1.54) is 5.56 Å². The molecule has 5 nitrogen and oxygen atoms in total. The molecule has 0 aromatic heterocycles. The van der Waals surface area contributed by atoms with Gasteiger partial charge in [0.1, 0.15) is 0 Å². The average Bonchev–Trinajstić information content (AvgIpc) is 2.61. The largest absolute Gasteiger partial charge is 0.353 e. The zero-order chi connectivity index (χ0) is 19.3. The topological polar surface area (TPSA) is 52.7 Å². The summed E-state index contributed by atoms with van der Waals surface area (Å²) in [5.74, 6) is 0.145. The van der Waals surface area contributed by atoms with Crippen molar-refractivity contribution in [2.24, 2.45) is 0 Å². The maximum absolute atomic E-state index is 12.7. The van der Waals surface area contributed by atoms with Crippen LogP contribution in [0.25, 0.3) is 0 Å². The Morgan fingerprint density at radius 1 is 1.08 bits per heavy atom. The van der Waals surface area contributed by atoms with Gasteiger partial charge in [-0.3, -0.25) is 14.5 Å². The van der Waals surface area contributed by atoms with Crippen LogP contribution in [0.2, 0.25) is 0 Å². The molecule has 1 N–H and O–H groups in total. The number of carbonyl (C=O) groups excluding carboxylic acids is 2. The summed E-state index contributed by atoms with van der Waals surface area (Å²) in [5.41, 5.74) is 2.05. The van der Waals surface area contributed by atoms with E-state index in [4.69, 9.17) is 0 Å². The van der Waals surface area contributed by atoms with Gasteiger partial charge < -0.3 is 10.2 Å². The molecule has 0 saturated carbocycles. The van der Waals surface area contributed by atoms with Crippen molar-refractivity contribution < 1.29 is 9.59 Å². The van der Waals surface area contributed by atoms with Crippen molar-refractivity contribution in [1.29, 1.82) is 0 Å². The second-order valence-electron chi connectivity index (χ2n) is 8.27. The monoisotopic (exact) mass is 359 g/mol. The molecule has 1 fully saturated rings. The number of carbonyl (C=O) groups is 2. The van der Waals surface area contributed by atoms with Crippen molar-refractivity contribution in [2.75, 3.05) is 32.7 Å². The number of rotatable bonds is 5. The first kappa shape index (κ1) is 20.4. The van der Waals surface area contributed by atoms with Crippen molar-refractivity contribution in [3.8, 4) is 0 Å². The summed E-state index contributed by atoms with van der Waals surface area (Å²) in [6, 6.07) is 8.15. The molecule has 1 atom stereocenters. The van der Waals surface area contributed by atoms with E-state index in [0.29, 0.717) is 19.6 Å². The van der Waals surface area contributed by atoms with Crippen LogP contribution in [0.15, 0.2) is 24.3 Å². The van der Waals surface area contributed by atoms with Crippen molar-refractivity contribution >= 4 is 11.8 Å². The van der Waals surface area contributed by atoms with Gasteiger partial charge >= 0.3 is 0 Å². The van der Waals surface area contributed by atoms with Gasteiger partial charge in [0.2, 0.25) is 5.91 Å². The predicted octanol–water partition coefficient (Wildman–Crippen LogP) is 2.66. The summed E-state index contributed by atoms with van der Waals surface area (Å²) in [7, 11) is 0. The number of amides is 2. The number of nitrogens with one attached hydrogen (secondary N) is 1. The van der Waals surface area contributed by atoms with Gasteiger partial charge in [-0.2, -0.15) is 0 Å². The van der Waals surface area contributed by atoms with Gasteiger partial charge in [0.25, 0.3) is 5.91 Å². The third-order valence-corrected chi connectivity index (χ3v) is 5.04. The highest BCUT2D eigenvalue weighted by molar-refractivity contribution is 5.94. The summed E-state index contributed by atoms with van der Waals surface area (Å²) in [4.78, 5) is 28.7. The van der Waals surface area contributed by atoms with E-state index in [1.807, 2.05) is 36.1 Å². The van der Waals surface area contributed by atoms with Crippen LogP contribution in [-0.2, 0) is 10.2 Å². The lowest BCUT2D eigenvalue weighted by molar-refractivity contribution is -0.123. The number of benzene rings is 1. The third kappa shape index (κ3) is 5.56. The van der Waals surface area contributed by atoms with E-state index >= 15 is 0 Å². The first-order chi connectivity index (χ1) is 12.2. The van der Waals surface area contributed by atoms with Crippen LogP contribution in [0.5, 0.6) is 0 Å². The number of piperazine rings is 1. The van der Waals surface area contributed by atoms with Gasteiger partial charge in [-0.15, -0.1) is 0 Å². The Hall–Kier alpha value is -1.88. The van der Waals surface area contributed by atoms with Crippen LogP contribution in [0.3, 0.4) is 0 Å². The van der Waals surface area contributed by atoms with E-state index in [1.54, 1.807) is 0 Å². The molecule has 0 radical (unpaired) electrons. The summed E-state index contributed by atoms with van der Waals surface area (Å²) in [6.07, 6.45) is 0.933. The molecule has 0 aliphatic carbocycles. The van der Waals surface area contributed by atoms with Crippen molar-refractivity contribution in [3.05, 3.63) is 35.4 Å². The maximum atomic E-state index is 12.7. The highest BCUT2D eigenvalue weighted by atomic mass is 16.2. The maximum Gasteiger partial charge on any atom is 0.253 e. The zero-order valence-electron chi connectivity index (χ0n) is 16.8. The van der Waals surface area contributed by atoms with E-state index in [9.17, 15) is 9.59 Å². The van der Waals surface area contributed by atoms with Crippen LogP contribution < -0.4 is 5.32 Å². The van der Waals surface area contributed by atoms with Crippen LogP contribution in [-0.4, -0.2) is 60.4 Å². The van der Waals surface area contributed by atoms with E-state index in [0.717, 1.165) is 25.1 Å². The summed E-state index contributed by atoms with van der Waals surface area (Å²) < 4.78 is 0. The standard InChI is InChI=1S/C21H33N3O2/c1-6-16(2)22-19(25)15-23-11-13-24(14-12-23)20(26)17-7-9-18(10-8-17)21(3,4)5/h7-10,16H,6,11-15H2,1-5H3,(H,22,25). The first-order valence-electron chi connectivity index (χ1n) is 9.62. The quantitative estimate of drug-likeness (QED) is 0.879. The molecular weight excluding hydrogens is 326 g/mol. The molecule has 1 aliphatic rings. The van der Waals surface area contributed by atoms with Crippen LogP contribution >= 0.6 is 0 Å². The van der Waals surface area contributed by atoms with E-state index < -0.39 is 0 Å². The number of nitrogens with zero attached hydrogens (tertiary/aromatic N) is 2. The smallest absolute Gasteiger partial charge is 0.253 e. The Bertz CT molecular complexity index is 611. The normalized spacial score (nSPS) is 17.0. The van der Waals surface area contributed by atoms with Gasteiger partial charge in [0, 0.05) is 37.8 Å². The summed E-state index contributed by atoms with van der Waals surface area (Å²) >= 11 is 0. The highest BCUT2D eigenvalue weighted by Gasteiger charge is 2.24. The van der Waals surface area contributed by atoms with Crippen molar-refractivity contribution in [1.82, 2.24) is 15.1 Å². The summed E-state index contributed by atoms with van der Waals surface area (Å²) in [6.45, 7) is 13.8. The molecule has 1 saturated heterocycles. The lowest BCUT2D eigenvalue weighted by Gasteiger charge is -2.34. The Morgan fingerprint density at radius 2 is 1.65 bits per heavy atom. The third-order valence-electron chi connectivity index (χ3n) is 5.04. The SMILES string of the molecule is CCC(C)NC(=O)CN1CCN(C(=O)c2ccc(C(C)(C)C)cc2)CC1. The van der Waals surface area contributed by atoms with Gasteiger partial charge in [-0.05, 0) is 36.5 Å². The molecule has 144 valence electrons. The Labute approximate surface area is 157 Å². The molecule has 2 rings (SSSR count). The van der Waals surface area contributed by atoms with Crippen LogP contribution in [0.4, 0.5) is 0 Å². The molecule has 1 aromatic carbocycles. The molecule has 1 unspecified atom stereocenters.